The monoisotopic (exact) mass is 237 g/mol. The predicted molar refractivity (Wildman–Crippen MR) is 66.6 cm³/mol. The van der Waals surface area contributed by atoms with E-state index in [0.29, 0.717) is 18.4 Å². The van der Waals surface area contributed by atoms with E-state index in [1.807, 2.05) is 6.92 Å². The number of hydrazine groups is 1. The lowest BCUT2D eigenvalue weighted by atomic mass is 9.91. The predicted octanol–water partition coefficient (Wildman–Crippen LogP) is 0.422. The molecule has 17 heavy (non-hydrogen) atoms. The quantitative estimate of drug-likeness (QED) is 0.508. The first-order valence-electron chi connectivity index (χ1n) is 5.93. The SMILES string of the molecule is Cc1c(NN)ncnc1N(CCO)C1CCC1. The molecule has 2 rings (SSSR count). The number of aliphatic hydroxyl groups excluding tert-OH is 1. The van der Waals surface area contributed by atoms with Crippen molar-refractivity contribution in [2.45, 2.75) is 32.2 Å². The van der Waals surface area contributed by atoms with E-state index in [-0.39, 0.29) is 6.61 Å². The van der Waals surface area contributed by atoms with Crippen LogP contribution >= 0.6 is 0 Å². The Kier molecular flexibility index (Phi) is 3.75. The smallest absolute Gasteiger partial charge is 0.148 e. The van der Waals surface area contributed by atoms with Crippen LogP contribution in [0.4, 0.5) is 11.6 Å². The Balaban J connectivity index is 2.28. The summed E-state index contributed by atoms with van der Waals surface area (Å²) in [6, 6.07) is 0.487. The molecular weight excluding hydrogens is 218 g/mol. The van der Waals surface area contributed by atoms with Gasteiger partial charge in [0.1, 0.15) is 18.0 Å². The van der Waals surface area contributed by atoms with Gasteiger partial charge in [-0.1, -0.05) is 0 Å². The Labute approximate surface area is 101 Å². The van der Waals surface area contributed by atoms with Crippen molar-refractivity contribution in [3.8, 4) is 0 Å². The van der Waals surface area contributed by atoms with Gasteiger partial charge in [-0.15, -0.1) is 0 Å². The largest absolute Gasteiger partial charge is 0.395 e. The average Bonchev–Trinajstić information content (AvgIpc) is 2.26. The van der Waals surface area contributed by atoms with Crippen LogP contribution in [0.5, 0.6) is 0 Å². The molecule has 0 saturated heterocycles. The molecule has 1 aliphatic rings. The minimum absolute atomic E-state index is 0.130. The van der Waals surface area contributed by atoms with Crippen molar-refractivity contribution in [1.82, 2.24) is 9.97 Å². The minimum atomic E-state index is 0.130. The number of anilines is 2. The first-order chi connectivity index (χ1) is 8.27. The van der Waals surface area contributed by atoms with E-state index in [4.69, 9.17) is 10.9 Å². The summed E-state index contributed by atoms with van der Waals surface area (Å²) in [5, 5.41) is 9.16. The van der Waals surface area contributed by atoms with Crippen LogP contribution < -0.4 is 16.2 Å². The van der Waals surface area contributed by atoms with Gasteiger partial charge < -0.3 is 15.4 Å². The third kappa shape index (κ3) is 2.32. The number of nitrogens with two attached hydrogens (primary N) is 1. The van der Waals surface area contributed by atoms with Gasteiger partial charge in [0.25, 0.3) is 0 Å². The van der Waals surface area contributed by atoms with Crippen LogP contribution in [-0.4, -0.2) is 34.3 Å². The third-order valence-corrected chi connectivity index (χ3v) is 3.32. The van der Waals surface area contributed by atoms with Crippen molar-refractivity contribution in [3.05, 3.63) is 11.9 Å². The second-order valence-electron chi connectivity index (χ2n) is 4.32. The van der Waals surface area contributed by atoms with Gasteiger partial charge in [0.05, 0.1) is 6.61 Å². The zero-order valence-corrected chi connectivity index (χ0v) is 10.1. The van der Waals surface area contributed by atoms with Gasteiger partial charge in [0.2, 0.25) is 0 Å². The lowest BCUT2D eigenvalue weighted by molar-refractivity contribution is 0.283. The van der Waals surface area contributed by atoms with Crippen molar-refractivity contribution in [2.24, 2.45) is 5.84 Å². The highest BCUT2D eigenvalue weighted by molar-refractivity contribution is 5.58. The van der Waals surface area contributed by atoms with Gasteiger partial charge in [-0.05, 0) is 26.2 Å². The number of nitrogen functional groups attached to an aromatic ring is 1. The van der Waals surface area contributed by atoms with Gasteiger partial charge in [-0.3, -0.25) is 0 Å². The lowest BCUT2D eigenvalue weighted by Crippen LogP contribution is -2.43. The molecule has 0 radical (unpaired) electrons. The zero-order chi connectivity index (χ0) is 12.3. The van der Waals surface area contributed by atoms with Crippen LogP contribution in [0.3, 0.4) is 0 Å². The lowest BCUT2D eigenvalue weighted by Gasteiger charge is -2.38. The van der Waals surface area contributed by atoms with Gasteiger partial charge >= 0.3 is 0 Å². The standard InChI is InChI=1S/C11H19N5O/c1-8-10(15-12)13-7-14-11(8)16(5-6-17)9-3-2-4-9/h7,9,17H,2-6,12H2,1H3,(H,13,14,15). The summed E-state index contributed by atoms with van der Waals surface area (Å²) < 4.78 is 0. The van der Waals surface area contributed by atoms with E-state index in [2.05, 4.69) is 20.3 Å². The molecule has 1 saturated carbocycles. The number of aliphatic hydroxyl groups is 1. The van der Waals surface area contributed by atoms with Crippen LogP contribution in [-0.2, 0) is 0 Å². The first-order valence-corrected chi connectivity index (χ1v) is 5.93. The molecule has 0 atom stereocenters. The fourth-order valence-corrected chi connectivity index (χ4v) is 2.14. The molecule has 0 spiro atoms. The summed E-state index contributed by atoms with van der Waals surface area (Å²) in [6.07, 6.45) is 5.07. The highest BCUT2D eigenvalue weighted by atomic mass is 16.3. The maximum atomic E-state index is 9.16. The molecule has 0 aromatic carbocycles. The molecule has 0 amide bonds. The number of hydrogen-bond donors (Lipinski definition) is 3. The van der Waals surface area contributed by atoms with Crippen molar-refractivity contribution in [3.63, 3.8) is 0 Å². The van der Waals surface area contributed by atoms with Gasteiger partial charge in [-0.25, -0.2) is 15.8 Å². The average molecular weight is 237 g/mol. The fraction of sp³-hybridized carbons (Fsp3) is 0.636. The highest BCUT2D eigenvalue weighted by Crippen LogP contribution is 2.31. The molecule has 1 fully saturated rings. The highest BCUT2D eigenvalue weighted by Gasteiger charge is 2.27. The fourth-order valence-electron chi connectivity index (χ4n) is 2.14. The number of nitrogens with one attached hydrogen (secondary N) is 1. The molecule has 1 heterocycles. The second-order valence-corrected chi connectivity index (χ2v) is 4.32. The zero-order valence-electron chi connectivity index (χ0n) is 10.1. The Morgan fingerprint density at radius 2 is 2.29 bits per heavy atom. The summed E-state index contributed by atoms with van der Waals surface area (Å²) in [5.74, 6) is 6.91. The van der Waals surface area contributed by atoms with Gasteiger partial charge in [0.15, 0.2) is 0 Å². The molecule has 4 N–H and O–H groups in total. The minimum Gasteiger partial charge on any atom is -0.395 e. The number of rotatable bonds is 5. The molecule has 1 aliphatic carbocycles. The van der Waals surface area contributed by atoms with Crippen LogP contribution in [0.1, 0.15) is 24.8 Å². The number of aromatic nitrogens is 2. The molecular formula is C11H19N5O. The molecule has 94 valence electrons. The maximum absolute atomic E-state index is 9.16. The first kappa shape index (κ1) is 12.1. The summed E-state index contributed by atoms with van der Waals surface area (Å²) in [4.78, 5) is 10.5. The van der Waals surface area contributed by atoms with Gasteiger partial charge in [0, 0.05) is 18.2 Å². The maximum Gasteiger partial charge on any atom is 0.148 e. The van der Waals surface area contributed by atoms with Gasteiger partial charge in [-0.2, -0.15) is 0 Å². The van der Waals surface area contributed by atoms with E-state index in [0.717, 1.165) is 24.2 Å². The van der Waals surface area contributed by atoms with Crippen molar-refractivity contribution >= 4 is 11.6 Å². The van der Waals surface area contributed by atoms with Crippen LogP contribution in [0.2, 0.25) is 0 Å². The summed E-state index contributed by atoms with van der Waals surface area (Å²) in [6.45, 7) is 2.67. The van der Waals surface area contributed by atoms with E-state index in [9.17, 15) is 0 Å². The Morgan fingerprint density at radius 3 is 2.82 bits per heavy atom. The van der Waals surface area contributed by atoms with Crippen LogP contribution in [0.15, 0.2) is 6.33 Å². The Morgan fingerprint density at radius 1 is 1.53 bits per heavy atom. The molecule has 0 bridgehead atoms. The normalized spacial score (nSPS) is 15.5. The third-order valence-electron chi connectivity index (χ3n) is 3.32. The Hall–Kier alpha value is -1.40. The topological polar surface area (TPSA) is 87.3 Å². The van der Waals surface area contributed by atoms with E-state index in [1.165, 1.54) is 12.7 Å². The van der Waals surface area contributed by atoms with E-state index >= 15 is 0 Å². The van der Waals surface area contributed by atoms with Crippen LogP contribution in [0, 0.1) is 6.92 Å². The number of nitrogens with zero attached hydrogens (tertiary/aromatic N) is 3. The molecule has 0 aliphatic heterocycles. The second kappa shape index (κ2) is 5.29. The number of hydrogen-bond acceptors (Lipinski definition) is 6. The molecule has 1 aromatic heterocycles. The van der Waals surface area contributed by atoms with Crippen molar-refractivity contribution < 1.29 is 5.11 Å². The summed E-state index contributed by atoms with van der Waals surface area (Å²) >= 11 is 0. The van der Waals surface area contributed by atoms with E-state index in [1.54, 1.807) is 0 Å². The molecule has 6 heteroatoms. The molecule has 6 nitrogen and oxygen atoms in total. The van der Waals surface area contributed by atoms with Crippen molar-refractivity contribution in [1.29, 1.82) is 0 Å². The van der Waals surface area contributed by atoms with Crippen LogP contribution in [0.25, 0.3) is 0 Å². The molecule has 0 unspecified atom stereocenters. The van der Waals surface area contributed by atoms with E-state index < -0.39 is 0 Å². The Bertz CT molecular complexity index is 380. The van der Waals surface area contributed by atoms with Crippen molar-refractivity contribution in [2.75, 3.05) is 23.5 Å². The summed E-state index contributed by atoms with van der Waals surface area (Å²) in [5.41, 5.74) is 3.49. The summed E-state index contributed by atoms with van der Waals surface area (Å²) in [7, 11) is 0. The molecule has 1 aromatic rings.